The van der Waals surface area contributed by atoms with Gasteiger partial charge in [0.05, 0.1) is 11.9 Å². The fourth-order valence-electron chi connectivity index (χ4n) is 3.80. The molecule has 0 spiro atoms. The Hall–Kier alpha value is -2.82. The topological polar surface area (TPSA) is 91.4 Å². The molecular formula is C22H27F3N4O3S. The Balaban J connectivity index is 1.53. The van der Waals surface area contributed by atoms with Crippen LogP contribution in [0.15, 0.2) is 36.4 Å². The van der Waals surface area contributed by atoms with Gasteiger partial charge in [0.25, 0.3) is 5.91 Å². The number of halogens is 3. The molecule has 0 saturated heterocycles. The summed E-state index contributed by atoms with van der Waals surface area (Å²) < 4.78 is 63.4. The average Bonchev–Trinajstić information content (AvgIpc) is 2.73. The third-order valence-corrected chi connectivity index (χ3v) is 6.87. The fourth-order valence-corrected chi connectivity index (χ4v) is 4.30. The lowest BCUT2D eigenvalue weighted by Gasteiger charge is -2.30. The standard InChI is InChI=1S/C22H27F3N4O3S/c1-14-12-18(13-20(26-14)22(23,24)25)27-16-6-8-17(9-7-16)28-21(30)15-4-10-19(11-5-15)29(2)33(3,31)32/h4-5,10-13,16-17H,6-9H2,1-3H3,(H,26,27)(H,28,30). The highest BCUT2D eigenvalue weighted by atomic mass is 32.2. The molecule has 1 aromatic carbocycles. The molecule has 1 heterocycles. The molecule has 0 bridgehead atoms. The molecule has 0 atom stereocenters. The lowest BCUT2D eigenvalue weighted by atomic mass is 9.90. The number of alkyl halides is 3. The first-order valence-corrected chi connectivity index (χ1v) is 12.3. The van der Waals surface area contributed by atoms with Gasteiger partial charge in [-0.25, -0.2) is 13.4 Å². The van der Waals surface area contributed by atoms with Gasteiger partial charge in [0, 0.05) is 36.1 Å². The Bertz CT molecular complexity index is 1100. The van der Waals surface area contributed by atoms with Gasteiger partial charge in [-0.3, -0.25) is 9.10 Å². The molecule has 33 heavy (non-hydrogen) atoms. The van der Waals surface area contributed by atoms with Crippen LogP contribution in [0.4, 0.5) is 24.5 Å². The van der Waals surface area contributed by atoms with Gasteiger partial charge in [-0.2, -0.15) is 13.2 Å². The molecule has 0 aliphatic heterocycles. The van der Waals surface area contributed by atoms with Crippen molar-refractivity contribution >= 4 is 27.3 Å². The van der Waals surface area contributed by atoms with Gasteiger partial charge in [0.2, 0.25) is 10.0 Å². The quantitative estimate of drug-likeness (QED) is 0.648. The molecule has 2 aromatic rings. The number of carbonyl (C=O) groups excluding carboxylic acids is 1. The van der Waals surface area contributed by atoms with Crippen molar-refractivity contribution in [2.24, 2.45) is 0 Å². The molecule has 1 aliphatic carbocycles. The number of benzene rings is 1. The summed E-state index contributed by atoms with van der Waals surface area (Å²) in [6.45, 7) is 1.53. The SMILES string of the molecule is Cc1cc(NC2CCC(NC(=O)c3ccc(N(C)S(C)(=O)=O)cc3)CC2)cc(C(F)(F)F)n1. The van der Waals surface area contributed by atoms with E-state index in [-0.39, 0.29) is 18.0 Å². The van der Waals surface area contributed by atoms with Crippen molar-refractivity contribution in [1.82, 2.24) is 10.3 Å². The second kappa shape index (κ2) is 9.58. The van der Waals surface area contributed by atoms with Crippen LogP contribution >= 0.6 is 0 Å². The number of carbonyl (C=O) groups is 1. The summed E-state index contributed by atoms with van der Waals surface area (Å²) >= 11 is 0. The molecular weight excluding hydrogens is 457 g/mol. The van der Waals surface area contributed by atoms with Gasteiger partial charge in [0.15, 0.2) is 0 Å². The molecule has 11 heteroatoms. The highest BCUT2D eigenvalue weighted by molar-refractivity contribution is 7.92. The molecule has 1 fully saturated rings. The minimum Gasteiger partial charge on any atom is -0.382 e. The number of sulfonamides is 1. The summed E-state index contributed by atoms with van der Waals surface area (Å²) in [5.41, 5.74) is 0.650. The van der Waals surface area contributed by atoms with Crippen molar-refractivity contribution < 1.29 is 26.4 Å². The Labute approximate surface area is 191 Å². The number of pyridine rings is 1. The van der Waals surface area contributed by atoms with Crippen LogP contribution in [0.3, 0.4) is 0 Å². The van der Waals surface area contributed by atoms with Crippen LogP contribution in [0, 0.1) is 6.92 Å². The van der Waals surface area contributed by atoms with Crippen molar-refractivity contribution in [2.45, 2.75) is 50.9 Å². The molecule has 0 radical (unpaired) electrons. The van der Waals surface area contributed by atoms with Crippen LogP contribution in [-0.4, -0.2) is 44.7 Å². The first-order chi connectivity index (χ1) is 15.3. The highest BCUT2D eigenvalue weighted by Crippen LogP contribution is 2.31. The van der Waals surface area contributed by atoms with Crippen molar-refractivity contribution in [1.29, 1.82) is 0 Å². The van der Waals surface area contributed by atoms with Gasteiger partial charge in [-0.1, -0.05) is 0 Å². The first kappa shape index (κ1) is 24.8. The maximum Gasteiger partial charge on any atom is 0.433 e. The summed E-state index contributed by atoms with van der Waals surface area (Å²) in [5.74, 6) is -0.250. The van der Waals surface area contributed by atoms with Crippen molar-refractivity contribution in [3.05, 3.63) is 53.3 Å². The summed E-state index contributed by atoms with van der Waals surface area (Å²) in [6.07, 6.45) is -0.618. The van der Waals surface area contributed by atoms with Crippen LogP contribution in [0.1, 0.15) is 47.4 Å². The second-order valence-corrected chi connectivity index (χ2v) is 10.3. The van der Waals surface area contributed by atoms with Crippen LogP contribution < -0.4 is 14.9 Å². The van der Waals surface area contributed by atoms with Gasteiger partial charge in [-0.05, 0) is 69.0 Å². The molecule has 1 aromatic heterocycles. The van der Waals surface area contributed by atoms with E-state index in [1.807, 2.05) is 0 Å². The van der Waals surface area contributed by atoms with Crippen LogP contribution in [0.2, 0.25) is 0 Å². The van der Waals surface area contributed by atoms with Crippen LogP contribution in [0.5, 0.6) is 0 Å². The molecule has 180 valence electrons. The molecule has 1 aliphatic rings. The van der Waals surface area contributed by atoms with E-state index >= 15 is 0 Å². The monoisotopic (exact) mass is 484 g/mol. The number of hydrogen-bond acceptors (Lipinski definition) is 5. The smallest absolute Gasteiger partial charge is 0.382 e. The number of nitrogens with zero attached hydrogens (tertiary/aromatic N) is 2. The molecule has 1 amide bonds. The Morgan fingerprint density at radius 1 is 1.06 bits per heavy atom. The fraction of sp³-hybridized carbons (Fsp3) is 0.455. The van der Waals surface area contributed by atoms with Gasteiger partial charge >= 0.3 is 6.18 Å². The van der Waals surface area contributed by atoms with E-state index in [2.05, 4.69) is 15.6 Å². The predicted octanol–water partition coefficient (Wildman–Crippen LogP) is 3.96. The van der Waals surface area contributed by atoms with Gasteiger partial charge < -0.3 is 10.6 Å². The second-order valence-electron chi connectivity index (χ2n) is 8.32. The normalized spacial score (nSPS) is 19.1. The molecule has 1 saturated carbocycles. The third kappa shape index (κ3) is 6.59. The van der Waals surface area contributed by atoms with Crippen molar-refractivity contribution in [2.75, 3.05) is 22.9 Å². The Kier molecular flexibility index (Phi) is 7.20. The zero-order chi connectivity index (χ0) is 24.4. The van der Waals surface area contributed by atoms with Crippen molar-refractivity contribution in [3.8, 4) is 0 Å². The van der Waals surface area contributed by atoms with E-state index in [4.69, 9.17) is 0 Å². The minimum atomic E-state index is -4.50. The van der Waals surface area contributed by atoms with E-state index in [1.165, 1.54) is 14.0 Å². The summed E-state index contributed by atoms with van der Waals surface area (Å²) in [6, 6.07) is 8.86. The number of anilines is 2. The number of aryl methyl sites for hydroxylation is 1. The number of rotatable bonds is 6. The zero-order valence-electron chi connectivity index (χ0n) is 18.6. The maximum absolute atomic E-state index is 13.0. The molecule has 7 nitrogen and oxygen atoms in total. The van der Waals surface area contributed by atoms with Gasteiger partial charge in [0.1, 0.15) is 5.69 Å². The van der Waals surface area contributed by atoms with Crippen LogP contribution in [0.25, 0.3) is 0 Å². The molecule has 2 N–H and O–H groups in total. The lowest BCUT2D eigenvalue weighted by molar-refractivity contribution is -0.141. The number of hydrogen-bond donors (Lipinski definition) is 2. The number of amides is 1. The van der Waals surface area contributed by atoms with Gasteiger partial charge in [-0.15, -0.1) is 0 Å². The Morgan fingerprint density at radius 2 is 1.64 bits per heavy atom. The number of aromatic nitrogens is 1. The zero-order valence-corrected chi connectivity index (χ0v) is 19.4. The van der Waals surface area contributed by atoms with E-state index in [1.54, 1.807) is 30.3 Å². The maximum atomic E-state index is 13.0. The summed E-state index contributed by atoms with van der Waals surface area (Å²) in [7, 11) is -1.95. The highest BCUT2D eigenvalue weighted by Gasteiger charge is 2.33. The third-order valence-electron chi connectivity index (χ3n) is 5.67. The van der Waals surface area contributed by atoms with E-state index in [0.29, 0.717) is 48.3 Å². The summed E-state index contributed by atoms with van der Waals surface area (Å²) in [5, 5.41) is 6.14. The van der Waals surface area contributed by atoms with E-state index < -0.39 is 21.9 Å². The molecule has 0 unspecified atom stereocenters. The van der Waals surface area contributed by atoms with Crippen LogP contribution in [-0.2, 0) is 16.2 Å². The lowest BCUT2D eigenvalue weighted by Crippen LogP contribution is -2.40. The largest absolute Gasteiger partial charge is 0.433 e. The Morgan fingerprint density at radius 3 is 2.18 bits per heavy atom. The minimum absolute atomic E-state index is 0.00634. The first-order valence-electron chi connectivity index (χ1n) is 10.5. The van der Waals surface area contributed by atoms with E-state index in [9.17, 15) is 26.4 Å². The van der Waals surface area contributed by atoms with E-state index in [0.717, 1.165) is 16.6 Å². The van der Waals surface area contributed by atoms with Crippen molar-refractivity contribution in [3.63, 3.8) is 0 Å². The number of nitrogens with one attached hydrogen (secondary N) is 2. The predicted molar refractivity (Wildman–Crippen MR) is 121 cm³/mol. The molecule has 3 rings (SSSR count). The summed E-state index contributed by atoms with van der Waals surface area (Å²) in [4.78, 5) is 16.1. The average molecular weight is 485 g/mol.